The van der Waals surface area contributed by atoms with Gasteiger partial charge in [0.2, 0.25) is 17.7 Å². The van der Waals surface area contributed by atoms with Gasteiger partial charge in [-0.2, -0.15) is 0 Å². The molecule has 240 valence electrons. The summed E-state index contributed by atoms with van der Waals surface area (Å²) in [5, 5.41) is 10.7. The van der Waals surface area contributed by atoms with Gasteiger partial charge in [0.1, 0.15) is 11.6 Å². The molecule has 8 atom stereocenters. The molecule has 0 aromatic heterocycles. The number of aliphatic hydroxyl groups excluding tert-OH is 1. The number of benzene rings is 2. The van der Waals surface area contributed by atoms with Gasteiger partial charge >= 0.3 is 0 Å². The van der Waals surface area contributed by atoms with E-state index in [4.69, 9.17) is 4.74 Å². The first kappa shape index (κ1) is 33.1. The van der Waals surface area contributed by atoms with Gasteiger partial charge in [-0.05, 0) is 23.5 Å². The largest absolute Gasteiger partial charge is 0.394 e. The number of carbonyl (C=O) groups excluding carboxylic acids is 3. The number of nitrogens with zero attached hydrogens (tertiary/aromatic N) is 3. The van der Waals surface area contributed by atoms with Gasteiger partial charge < -0.3 is 24.5 Å². The highest BCUT2D eigenvalue weighted by molar-refractivity contribution is 9.09. The van der Waals surface area contributed by atoms with E-state index in [1.165, 1.54) is 0 Å². The Morgan fingerprint density at radius 3 is 2.04 bits per heavy atom. The summed E-state index contributed by atoms with van der Waals surface area (Å²) in [6.07, 6.45) is 3.89. The number of rotatable bonds is 14. The maximum atomic E-state index is 14.8. The van der Waals surface area contributed by atoms with Crippen LogP contribution in [0.25, 0.3) is 0 Å². The summed E-state index contributed by atoms with van der Waals surface area (Å²) in [7, 11) is 0. The quantitative estimate of drug-likeness (QED) is 0.234. The van der Waals surface area contributed by atoms with Crippen LogP contribution in [0.1, 0.15) is 37.8 Å². The second-order valence-corrected chi connectivity index (χ2v) is 13.7. The molecule has 2 aromatic rings. The highest BCUT2D eigenvalue weighted by Crippen LogP contribution is 2.61. The van der Waals surface area contributed by atoms with Crippen LogP contribution in [0.3, 0.4) is 0 Å². The smallest absolute Gasteiger partial charge is 0.249 e. The average molecular weight is 679 g/mol. The van der Waals surface area contributed by atoms with Crippen molar-refractivity contribution in [3.8, 4) is 0 Å². The van der Waals surface area contributed by atoms with Crippen LogP contribution in [0.5, 0.6) is 0 Å². The lowest BCUT2D eigenvalue weighted by Gasteiger charge is -2.41. The van der Waals surface area contributed by atoms with Crippen molar-refractivity contribution in [1.82, 2.24) is 14.7 Å². The van der Waals surface area contributed by atoms with E-state index in [2.05, 4.69) is 29.1 Å². The molecule has 3 fully saturated rings. The molecule has 45 heavy (non-hydrogen) atoms. The summed E-state index contributed by atoms with van der Waals surface area (Å²) in [6.45, 7) is 12.7. The highest BCUT2D eigenvalue weighted by Gasteiger charge is 2.77. The first-order valence-corrected chi connectivity index (χ1v) is 16.8. The average Bonchev–Trinajstić information content (AvgIpc) is 3.64. The number of fused-ring (bicyclic) bond motifs is 1. The summed E-state index contributed by atoms with van der Waals surface area (Å²) in [4.78, 5) is 48.8. The predicted molar refractivity (Wildman–Crippen MR) is 177 cm³/mol. The second kappa shape index (κ2) is 14.0. The van der Waals surface area contributed by atoms with Gasteiger partial charge in [0.05, 0.1) is 30.6 Å². The number of ether oxygens (including phenoxy) is 1. The molecule has 3 aliphatic heterocycles. The van der Waals surface area contributed by atoms with Crippen molar-refractivity contribution in [2.24, 2.45) is 17.8 Å². The third kappa shape index (κ3) is 6.02. The number of alkyl halides is 1. The molecule has 1 spiro atoms. The first-order valence-electron chi connectivity index (χ1n) is 15.8. The fourth-order valence-corrected chi connectivity index (χ4v) is 8.51. The lowest BCUT2D eigenvalue weighted by atomic mass is 9.70. The van der Waals surface area contributed by atoms with E-state index in [0.29, 0.717) is 32.5 Å². The zero-order chi connectivity index (χ0) is 32.3. The Morgan fingerprint density at radius 1 is 1.02 bits per heavy atom. The highest BCUT2D eigenvalue weighted by atomic mass is 79.9. The molecule has 2 bridgehead atoms. The molecular weight excluding hydrogens is 634 g/mol. The van der Waals surface area contributed by atoms with Crippen LogP contribution >= 0.6 is 15.9 Å². The molecule has 3 amide bonds. The molecule has 0 saturated carbocycles. The Labute approximate surface area is 274 Å². The Morgan fingerprint density at radius 2 is 1.56 bits per heavy atom. The standard InChI is InChI=1S/C36H44BrN3O5/c1-5-18-38(21-25-14-10-8-11-15-25)33(42)29-30-34(43)40(28(23-41)24(4)7-3)32(36(30)20-27(37)31(29)45-36)35(44)39(19-6-2)22-26-16-12-9-13-17-26/h5-6,8-17,24,27-32,41H,1-2,7,18-23H2,3-4H3/t24-,27?,28-,29+,30-,31+,32?,36?/m0/s1. The molecule has 3 saturated heterocycles. The van der Waals surface area contributed by atoms with E-state index in [-0.39, 0.29) is 41.6 Å². The monoisotopic (exact) mass is 677 g/mol. The summed E-state index contributed by atoms with van der Waals surface area (Å²) in [5.74, 6) is -2.51. The van der Waals surface area contributed by atoms with Gasteiger partial charge in [-0.25, -0.2) is 0 Å². The number of hydrogen-bond donors (Lipinski definition) is 1. The molecule has 9 heteroatoms. The Balaban J connectivity index is 1.58. The number of likely N-dealkylation sites (tertiary alicyclic amines) is 1. The minimum absolute atomic E-state index is 0.0899. The SMILES string of the molecule is C=CCN(Cc1ccccc1)C(=O)C1N([C@@H](CO)[C@@H](C)CC)C(=O)[C@@H]2[C@@H](C(=O)N(CC=C)Cc3ccccc3)[C@@H]3OC12CC3Br. The molecule has 3 aliphatic rings. The summed E-state index contributed by atoms with van der Waals surface area (Å²) in [6, 6.07) is 17.8. The summed E-state index contributed by atoms with van der Waals surface area (Å²) < 4.78 is 6.79. The first-order chi connectivity index (χ1) is 21.7. The molecule has 3 unspecified atom stereocenters. The van der Waals surface area contributed by atoms with Gasteiger partial charge in [0.15, 0.2) is 0 Å². The third-order valence-electron chi connectivity index (χ3n) is 9.85. The van der Waals surface area contributed by atoms with E-state index >= 15 is 0 Å². The molecule has 5 rings (SSSR count). The fraction of sp³-hybridized carbons (Fsp3) is 0.472. The van der Waals surface area contributed by atoms with Crippen LogP contribution in [0.2, 0.25) is 0 Å². The van der Waals surface area contributed by atoms with E-state index < -0.39 is 35.6 Å². The number of carbonyl (C=O) groups is 3. The lowest BCUT2D eigenvalue weighted by molar-refractivity contribution is -0.153. The van der Waals surface area contributed by atoms with Gasteiger partial charge in [-0.15, -0.1) is 13.2 Å². The topological polar surface area (TPSA) is 90.4 Å². The minimum Gasteiger partial charge on any atom is -0.394 e. The zero-order valence-electron chi connectivity index (χ0n) is 26.1. The Kier molecular flexibility index (Phi) is 10.3. The van der Waals surface area contributed by atoms with Crippen LogP contribution < -0.4 is 0 Å². The zero-order valence-corrected chi connectivity index (χ0v) is 27.7. The van der Waals surface area contributed by atoms with E-state index in [9.17, 15) is 19.5 Å². The van der Waals surface area contributed by atoms with Gasteiger partial charge in [0.25, 0.3) is 0 Å². The van der Waals surface area contributed by atoms with Crippen molar-refractivity contribution in [3.63, 3.8) is 0 Å². The van der Waals surface area contributed by atoms with Crippen LogP contribution in [0.4, 0.5) is 0 Å². The molecule has 1 N–H and O–H groups in total. The van der Waals surface area contributed by atoms with Crippen LogP contribution in [0, 0.1) is 17.8 Å². The van der Waals surface area contributed by atoms with E-state index in [1.807, 2.05) is 74.5 Å². The molecule has 0 aliphatic carbocycles. The van der Waals surface area contributed by atoms with Gasteiger partial charge in [0, 0.05) is 31.0 Å². The minimum atomic E-state index is -1.23. The van der Waals surface area contributed by atoms with Crippen LogP contribution in [-0.4, -0.2) is 85.8 Å². The summed E-state index contributed by atoms with van der Waals surface area (Å²) >= 11 is 3.79. The maximum absolute atomic E-state index is 14.8. The lowest BCUT2D eigenvalue weighted by Crippen LogP contribution is -2.59. The Hall–Kier alpha value is -3.27. The summed E-state index contributed by atoms with van der Waals surface area (Å²) in [5.41, 5.74) is 0.686. The molecule has 3 heterocycles. The molecule has 2 aromatic carbocycles. The van der Waals surface area contributed by atoms with Crippen LogP contribution in [0.15, 0.2) is 86.0 Å². The van der Waals surface area contributed by atoms with E-state index in [0.717, 1.165) is 11.1 Å². The van der Waals surface area contributed by atoms with Crippen molar-refractivity contribution < 1.29 is 24.2 Å². The molecule has 8 nitrogen and oxygen atoms in total. The molecular formula is C36H44BrN3O5. The number of hydrogen-bond acceptors (Lipinski definition) is 5. The van der Waals surface area contributed by atoms with Crippen molar-refractivity contribution in [1.29, 1.82) is 0 Å². The predicted octanol–water partition coefficient (Wildman–Crippen LogP) is 4.57. The molecule has 0 radical (unpaired) electrons. The number of aliphatic hydroxyl groups is 1. The van der Waals surface area contributed by atoms with Crippen molar-refractivity contribution in [3.05, 3.63) is 97.1 Å². The Bertz CT molecular complexity index is 1390. The van der Waals surface area contributed by atoms with Gasteiger partial charge in [-0.3, -0.25) is 14.4 Å². The number of amides is 3. The van der Waals surface area contributed by atoms with Crippen molar-refractivity contribution in [2.75, 3.05) is 19.7 Å². The van der Waals surface area contributed by atoms with Crippen LogP contribution in [-0.2, 0) is 32.2 Å². The van der Waals surface area contributed by atoms with Gasteiger partial charge in [-0.1, -0.05) is 109 Å². The second-order valence-electron chi connectivity index (χ2n) is 12.5. The number of halogens is 1. The normalized spacial score (nSPS) is 28.0. The van der Waals surface area contributed by atoms with Crippen molar-refractivity contribution in [2.45, 2.75) is 68.4 Å². The third-order valence-corrected chi connectivity index (χ3v) is 10.7. The van der Waals surface area contributed by atoms with Crippen molar-refractivity contribution >= 4 is 33.7 Å². The maximum Gasteiger partial charge on any atom is 0.249 e. The van der Waals surface area contributed by atoms with E-state index in [1.54, 1.807) is 26.9 Å². The fourth-order valence-electron chi connectivity index (χ4n) is 7.57.